The normalized spacial score (nSPS) is 10.1. The van der Waals surface area contributed by atoms with Gasteiger partial charge in [0.25, 0.3) is 0 Å². The predicted octanol–water partition coefficient (Wildman–Crippen LogP) is 3.14. The molecule has 1 N–H and O–H groups in total. The van der Waals surface area contributed by atoms with Crippen LogP contribution in [-0.2, 0) is 6.54 Å². The van der Waals surface area contributed by atoms with Crippen LogP contribution in [0.15, 0.2) is 36.9 Å². The number of benzene rings is 1. The fourth-order valence-electron chi connectivity index (χ4n) is 1.46. The van der Waals surface area contributed by atoms with Crippen molar-refractivity contribution in [3.63, 3.8) is 0 Å². The molecule has 0 saturated carbocycles. The fourth-order valence-corrected chi connectivity index (χ4v) is 1.46. The molecule has 2 heteroatoms. The molecular weight excluding hydrogens is 198 g/mol. The molecule has 0 aliphatic rings. The topological polar surface area (TPSA) is 21.3 Å². The van der Waals surface area contributed by atoms with E-state index in [-0.39, 0.29) is 0 Å². The summed E-state index contributed by atoms with van der Waals surface area (Å²) in [6.45, 7) is 8.34. The first-order valence-electron chi connectivity index (χ1n) is 5.90. The van der Waals surface area contributed by atoms with Gasteiger partial charge in [-0.2, -0.15) is 0 Å². The van der Waals surface area contributed by atoms with Crippen LogP contribution < -0.4 is 10.1 Å². The summed E-state index contributed by atoms with van der Waals surface area (Å²) in [5.41, 5.74) is 1.21. The Kier molecular flexibility index (Phi) is 6.35. The van der Waals surface area contributed by atoms with Crippen molar-refractivity contribution in [2.24, 2.45) is 0 Å². The summed E-state index contributed by atoms with van der Waals surface area (Å²) >= 11 is 0. The van der Waals surface area contributed by atoms with Gasteiger partial charge in [0.15, 0.2) is 0 Å². The Morgan fingerprint density at radius 3 is 2.94 bits per heavy atom. The average molecular weight is 219 g/mol. The number of hydrogen-bond donors (Lipinski definition) is 1. The van der Waals surface area contributed by atoms with Crippen molar-refractivity contribution >= 4 is 0 Å². The molecule has 1 rings (SSSR count). The molecule has 0 spiro atoms. The van der Waals surface area contributed by atoms with Gasteiger partial charge in [0.05, 0.1) is 0 Å². The largest absolute Gasteiger partial charge is 0.489 e. The molecule has 0 radical (unpaired) electrons. The molecule has 0 bridgehead atoms. The molecule has 16 heavy (non-hydrogen) atoms. The molecule has 0 saturated heterocycles. The van der Waals surface area contributed by atoms with E-state index in [4.69, 9.17) is 4.74 Å². The second-order valence-corrected chi connectivity index (χ2v) is 3.74. The molecule has 0 aliphatic heterocycles. The molecule has 0 heterocycles. The lowest BCUT2D eigenvalue weighted by molar-refractivity contribution is 0.358. The molecule has 1 aromatic rings. The van der Waals surface area contributed by atoms with E-state index in [2.05, 4.69) is 24.9 Å². The molecule has 2 nitrogen and oxygen atoms in total. The summed E-state index contributed by atoms with van der Waals surface area (Å²) in [6.07, 6.45) is 4.21. The van der Waals surface area contributed by atoms with Gasteiger partial charge in [-0.05, 0) is 19.0 Å². The number of hydrogen-bond acceptors (Lipinski definition) is 2. The van der Waals surface area contributed by atoms with Gasteiger partial charge in [-0.3, -0.25) is 0 Å². The summed E-state index contributed by atoms with van der Waals surface area (Å²) in [5, 5.41) is 3.41. The third-order valence-electron chi connectivity index (χ3n) is 2.35. The van der Waals surface area contributed by atoms with Crippen LogP contribution in [0.5, 0.6) is 5.75 Å². The summed E-state index contributed by atoms with van der Waals surface area (Å²) in [5.74, 6) is 0.950. The van der Waals surface area contributed by atoms with Gasteiger partial charge in [0, 0.05) is 12.1 Å². The van der Waals surface area contributed by atoms with Gasteiger partial charge < -0.3 is 10.1 Å². The van der Waals surface area contributed by atoms with E-state index in [1.54, 1.807) is 6.08 Å². The quantitative estimate of drug-likeness (QED) is 0.535. The standard InChI is InChI=1S/C14H21NO/c1-3-5-10-15-12-13-8-6-7-9-14(13)16-11-4-2/h4,6-9,15H,2-3,5,10-12H2,1H3. The molecule has 88 valence electrons. The molecule has 0 unspecified atom stereocenters. The van der Waals surface area contributed by atoms with E-state index in [0.717, 1.165) is 18.8 Å². The minimum absolute atomic E-state index is 0.561. The zero-order chi connectivity index (χ0) is 11.6. The maximum atomic E-state index is 5.59. The van der Waals surface area contributed by atoms with Crippen LogP contribution >= 0.6 is 0 Å². The molecule has 0 atom stereocenters. The number of ether oxygens (including phenoxy) is 1. The van der Waals surface area contributed by atoms with E-state index in [1.165, 1.54) is 18.4 Å². The maximum Gasteiger partial charge on any atom is 0.124 e. The van der Waals surface area contributed by atoms with Crippen molar-refractivity contribution in [2.75, 3.05) is 13.2 Å². The van der Waals surface area contributed by atoms with Crippen molar-refractivity contribution in [3.8, 4) is 5.75 Å². The Balaban J connectivity index is 2.46. The first kappa shape index (κ1) is 12.8. The van der Waals surface area contributed by atoms with Gasteiger partial charge in [0.1, 0.15) is 12.4 Å². The Hall–Kier alpha value is -1.28. The van der Waals surface area contributed by atoms with Crippen molar-refractivity contribution in [1.82, 2.24) is 5.32 Å². The Morgan fingerprint density at radius 2 is 2.19 bits per heavy atom. The molecule has 0 aromatic heterocycles. The van der Waals surface area contributed by atoms with Crippen molar-refractivity contribution in [1.29, 1.82) is 0 Å². The average Bonchev–Trinajstić information content (AvgIpc) is 2.33. The molecular formula is C14H21NO. The lowest BCUT2D eigenvalue weighted by atomic mass is 10.2. The zero-order valence-corrected chi connectivity index (χ0v) is 10.0. The third-order valence-corrected chi connectivity index (χ3v) is 2.35. The zero-order valence-electron chi connectivity index (χ0n) is 10.0. The molecule has 0 amide bonds. The minimum Gasteiger partial charge on any atom is -0.489 e. The van der Waals surface area contributed by atoms with E-state index in [9.17, 15) is 0 Å². The highest BCUT2D eigenvalue weighted by molar-refractivity contribution is 5.33. The number of para-hydroxylation sites is 1. The van der Waals surface area contributed by atoms with Crippen LogP contribution in [0.4, 0.5) is 0 Å². The highest BCUT2D eigenvalue weighted by Crippen LogP contribution is 2.17. The van der Waals surface area contributed by atoms with Crippen LogP contribution in [0.25, 0.3) is 0 Å². The first-order chi connectivity index (χ1) is 7.88. The van der Waals surface area contributed by atoms with E-state index in [1.807, 2.05) is 18.2 Å². The van der Waals surface area contributed by atoms with Gasteiger partial charge in [-0.25, -0.2) is 0 Å². The first-order valence-corrected chi connectivity index (χ1v) is 5.90. The summed E-state index contributed by atoms with van der Waals surface area (Å²) < 4.78 is 5.59. The van der Waals surface area contributed by atoms with Crippen molar-refractivity contribution in [2.45, 2.75) is 26.3 Å². The van der Waals surface area contributed by atoms with Gasteiger partial charge in [-0.15, -0.1) is 0 Å². The SMILES string of the molecule is C=CCOc1ccccc1CNCCCC. The van der Waals surface area contributed by atoms with Crippen LogP contribution in [0.3, 0.4) is 0 Å². The van der Waals surface area contributed by atoms with E-state index >= 15 is 0 Å². The van der Waals surface area contributed by atoms with Crippen molar-refractivity contribution in [3.05, 3.63) is 42.5 Å². The second-order valence-electron chi connectivity index (χ2n) is 3.74. The number of rotatable bonds is 8. The minimum atomic E-state index is 0.561. The molecule has 0 aliphatic carbocycles. The van der Waals surface area contributed by atoms with E-state index < -0.39 is 0 Å². The summed E-state index contributed by atoms with van der Waals surface area (Å²) in [6, 6.07) is 8.13. The Bertz CT molecular complexity index is 309. The summed E-state index contributed by atoms with van der Waals surface area (Å²) in [4.78, 5) is 0. The monoisotopic (exact) mass is 219 g/mol. The Morgan fingerprint density at radius 1 is 1.38 bits per heavy atom. The van der Waals surface area contributed by atoms with Gasteiger partial charge in [0.2, 0.25) is 0 Å². The van der Waals surface area contributed by atoms with Crippen LogP contribution in [0.1, 0.15) is 25.3 Å². The molecule has 0 fully saturated rings. The predicted molar refractivity (Wildman–Crippen MR) is 68.7 cm³/mol. The smallest absolute Gasteiger partial charge is 0.124 e. The highest BCUT2D eigenvalue weighted by atomic mass is 16.5. The Labute approximate surface area is 98.3 Å². The van der Waals surface area contributed by atoms with Crippen LogP contribution in [0.2, 0.25) is 0 Å². The number of nitrogens with one attached hydrogen (secondary N) is 1. The van der Waals surface area contributed by atoms with Gasteiger partial charge in [-0.1, -0.05) is 44.2 Å². The van der Waals surface area contributed by atoms with Crippen LogP contribution in [0, 0.1) is 0 Å². The van der Waals surface area contributed by atoms with Crippen LogP contribution in [-0.4, -0.2) is 13.2 Å². The third kappa shape index (κ3) is 4.49. The fraction of sp³-hybridized carbons (Fsp3) is 0.429. The van der Waals surface area contributed by atoms with E-state index in [0.29, 0.717) is 6.61 Å². The lowest BCUT2D eigenvalue weighted by Crippen LogP contribution is -2.15. The van der Waals surface area contributed by atoms with Gasteiger partial charge >= 0.3 is 0 Å². The maximum absolute atomic E-state index is 5.59. The summed E-state index contributed by atoms with van der Waals surface area (Å²) in [7, 11) is 0. The number of unbranched alkanes of at least 4 members (excludes halogenated alkanes) is 1. The molecule has 1 aromatic carbocycles. The van der Waals surface area contributed by atoms with Crippen molar-refractivity contribution < 1.29 is 4.74 Å². The second kappa shape index (κ2) is 7.94. The lowest BCUT2D eigenvalue weighted by Gasteiger charge is -2.10. The highest BCUT2D eigenvalue weighted by Gasteiger charge is 2.00.